The number of amides is 1. The van der Waals surface area contributed by atoms with Crippen LogP contribution in [0.1, 0.15) is 11.9 Å². The highest BCUT2D eigenvalue weighted by atomic mass is 32.2. The number of nitrogens with zero attached hydrogens (tertiary/aromatic N) is 2. The van der Waals surface area contributed by atoms with E-state index in [4.69, 9.17) is 0 Å². The topological polar surface area (TPSA) is 101 Å². The molecule has 0 aliphatic rings. The summed E-state index contributed by atoms with van der Waals surface area (Å²) in [4.78, 5) is 11.0. The number of aromatic nitrogens is 2. The Morgan fingerprint density at radius 1 is 1.20 bits per heavy atom. The van der Waals surface area contributed by atoms with Gasteiger partial charge >= 0.3 is 0 Å². The van der Waals surface area contributed by atoms with Crippen LogP contribution in [0.15, 0.2) is 29.2 Å². The lowest BCUT2D eigenvalue weighted by Gasteiger charge is -2.06. The second-order valence-corrected chi connectivity index (χ2v) is 6.80. The van der Waals surface area contributed by atoms with Crippen LogP contribution in [0.5, 0.6) is 0 Å². The van der Waals surface area contributed by atoms with Crippen LogP contribution in [0.2, 0.25) is 0 Å². The lowest BCUT2D eigenvalue weighted by atomic mass is 10.3. The molecule has 106 valence electrons. The zero-order chi connectivity index (χ0) is 14.8. The monoisotopic (exact) mass is 312 g/mol. The Hall–Kier alpha value is -2.00. The Morgan fingerprint density at radius 3 is 2.35 bits per heavy atom. The largest absolute Gasteiger partial charge is 0.326 e. The van der Waals surface area contributed by atoms with Crippen LogP contribution in [0, 0.1) is 6.92 Å². The first-order valence-corrected chi connectivity index (χ1v) is 7.87. The fourth-order valence-electron chi connectivity index (χ4n) is 1.43. The van der Waals surface area contributed by atoms with E-state index in [9.17, 15) is 13.2 Å². The molecule has 2 N–H and O–H groups in total. The van der Waals surface area contributed by atoms with Gasteiger partial charge in [0.15, 0.2) is 0 Å². The molecule has 0 spiro atoms. The summed E-state index contributed by atoms with van der Waals surface area (Å²) >= 11 is 1.15. The summed E-state index contributed by atoms with van der Waals surface area (Å²) in [6, 6.07) is 5.84. The Kier molecular flexibility index (Phi) is 4.00. The zero-order valence-corrected chi connectivity index (χ0v) is 12.4. The van der Waals surface area contributed by atoms with E-state index in [1.54, 1.807) is 6.92 Å². The number of hydrogen-bond donors (Lipinski definition) is 2. The molecule has 1 amide bonds. The molecule has 0 bridgehead atoms. The third-order valence-corrected chi connectivity index (χ3v) is 4.47. The number of benzene rings is 1. The zero-order valence-electron chi connectivity index (χ0n) is 10.7. The van der Waals surface area contributed by atoms with Crippen molar-refractivity contribution in [2.75, 3.05) is 10.0 Å². The van der Waals surface area contributed by atoms with Crippen molar-refractivity contribution in [2.45, 2.75) is 18.7 Å². The van der Waals surface area contributed by atoms with Crippen LogP contribution in [-0.4, -0.2) is 24.5 Å². The molecule has 0 saturated carbocycles. The minimum Gasteiger partial charge on any atom is -0.326 e. The number of hydrogen-bond acceptors (Lipinski definition) is 6. The van der Waals surface area contributed by atoms with Crippen molar-refractivity contribution in [3.05, 3.63) is 29.3 Å². The fourth-order valence-corrected chi connectivity index (χ4v) is 3.25. The van der Waals surface area contributed by atoms with Gasteiger partial charge in [0.05, 0.1) is 4.90 Å². The number of sulfonamides is 1. The second-order valence-electron chi connectivity index (χ2n) is 3.94. The minimum absolute atomic E-state index is 0.0828. The number of carbonyl (C=O) groups excluding carboxylic acids is 1. The van der Waals surface area contributed by atoms with E-state index in [1.165, 1.54) is 31.2 Å². The molecule has 9 heteroatoms. The molecular weight excluding hydrogens is 300 g/mol. The predicted octanol–water partition coefficient (Wildman–Crippen LogP) is 1.61. The Morgan fingerprint density at radius 2 is 1.85 bits per heavy atom. The molecular formula is C11H12N4O3S2. The molecule has 0 fully saturated rings. The van der Waals surface area contributed by atoms with Crippen molar-refractivity contribution in [3.8, 4) is 0 Å². The molecule has 2 rings (SSSR count). The van der Waals surface area contributed by atoms with Gasteiger partial charge in [0.2, 0.25) is 11.0 Å². The lowest BCUT2D eigenvalue weighted by molar-refractivity contribution is -0.114. The molecule has 1 aromatic carbocycles. The van der Waals surface area contributed by atoms with Crippen LogP contribution < -0.4 is 10.0 Å². The van der Waals surface area contributed by atoms with E-state index in [-0.39, 0.29) is 15.9 Å². The highest BCUT2D eigenvalue weighted by molar-refractivity contribution is 7.93. The van der Waals surface area contributed by atoms with Gasteiger partial charge < -0.3 is 5.32 Å². The van der Waals surface area contributed by atoms with E-state index >= 15 is 0 Å². The van der Waals surface area contributed by atoms with Crippen molar-refractivity contribution >= 4 is 38.1 Å². The van der Waals surface area contributed by atoms with Crippen molar-refractivity contribution in [1.29, 1.82) is 0 Å². The molecule has 0 radical (unpaired) electrons. The van der Waals surface area contributed by atoms with E-state index in [1.807, 2.05) is 0 Å². The maximum Gasteiger partial charge on any atom is 0.263 e. The molecule has 0 saturated heterocycles. The first-order chi connectivity index (χ1) is 9.37. The van der Waals surface area contributed by atoms with Gasteiger partial charge in [-0.2, -0.15) is 0 Å². The average Bonchev–Trinajstić information content (AvgIpc) is 2.74. The van der Waals surface area contributed by atoms with Crippen LogP contribution in [-0.2, 0) is 14.8 Å². The highest BCUT2D eigenvalue weighted by Crippen LogP contribution is 2.20. The highest BCUT2D eigenvalue weighted by Gasteiger charge is 2.16. The van der Waals surface area contributed by atoms with Crippen LogP contribution in [0.3, 0.4) is 0 Å². The summed E-state index contributed by atoms with van der Waals surface area (Å²) in [7, 11) is -3.70. The number of rotatable bonds is 4. The third-order valence-electron chi connectivity index (χ3n) is 2.23. The Labute approximate surface area is 120 Å². The Balaban J connectivity index is 2.19. The van der Waals surface area contributed by atoms with Crippen molar-refractivity contribution in [1.82, 2.24) is 10.2 Å². The summed E-state index contributed by atoms with van der Waals surface area (Å²) < 4.78 is 26.5. The van der Waals surface area contributed by atoms with Gasteiger partial charge in [-0.15, -0.1) is 10.2 Å². The smallest absolute Gasteiger partial charge is 0.263 e. The van der Waals surface area contributed by atoms with Crippen molar-refractivity contribution in [3.63, 3.8) is 0 Å². The summed E-state index contributed by atoms with van der Waals surface area (Å²) in [5.41, 5.74) is 0.531. The second kappa shape index (κ2) is 5.55. The van der Waals surface area contributed by atoms with Gasteiger partial charge in [0, 0.05) is 12.6 Å². The van der Waals surface area contributed by atoms with E-state index in [2.05, 4.69) is 20.2 Å². The first-order valence-electron chi connectivity index (χ1n) is 5.57. The maximum absolute atomic E-state index is 12.1. The van der Waals surface area contributed by atoms with Gasteiger partial charge in [-0.25, -0.2) is 8.42 Å². The number of carbonyl (C=O) groups is 1. The van der Waals surface area contributed by atoms with Crippen LogP contribution >= 0.6 is 11.3 Å². The summed E-state index contributed by atoms with van der Waals surface area (Å²) in [6.45, 7) is 3.11. The van der Waals surface area contributed by atoms with E-state index in [0.717, 1.165) is 11.3 Å². The molecule has 0 aliphatic heterocycles. The molecule has 0 aliphatic carbocycles. The van der Waals surface area contributed by atoms with Crippen molar-refractivity contribution in [2.24, 2.45) is 0 Å². The van der Waals surface area contributed by atoms with Gasteiger partial charge in [-0.3, -0.25) is 9.52 Å². The normalized spacial score (nSPS) is 11.1. The summed E-state index contributed by atoms with van der Waals surface area (Å²) in [5.74, 6) is -0.219. The quantitative estimate of drug-likeness (QED) is 0.893. The molecule has 1 aromatic heterocycles. The lowest BCUT2D eigenvalue weighted by Crippen LogP contribution is -2.13. The van der Waals surface area contributed by atoms with Crippen LogP contribution in [0.25, 0.3) is 0 Å². The van der Waals surface area contributed by atoms with Gasteiger partial charge in [-0.1, -0.05) is 11.3 Å². The molecule has 0 unspecified atom stereocenters. The molecule has 20 heavy (non-hydrogen) atoms. The standard InChI is InChI=1S/C11H12N4O3S2/c1-7(16)12-9-3-5-10(6-4-9)20(17,18)15-11-14-13-8(2)19-11/h3-6H,1-2H3,(H,12,16)(H,14,15). The fraction of sp³-hybridized carbons (Fsp3) is 0.182. The summed E-state index contributed by atoms with van der Waals surface area (Å²) in [6.07, 6.45) is 0. The van der Waals surface area contributed by atoms with Crippen LogP contribution in [0.4, 0.5) is 10.8 Å². The van der Waals surface area contributed by atoms with Crippen molar-refractivity contribution < 1.29 is 13.2 Å². The molecule has 2 aromatic rings. The number of anilines is 2. The SMILES string of the molecule is CC(=O)Nc1ccc(S(=O)(=O)Nc2nnc(C)s2)cc1. The van der Waals surface area contributed by atoms with Gasteiger partial charge in [-0.05, 0) is 31.2 Å². The van der Waals surface area contributed by atoms with Gasteiger partial charge in [0.1, 0.15) is 5.01 Å². The van der Waals surface area contributed by atoms with E-state index in [0.29, 0.717) is 10.7 Å². The average molecular weight is 312 g/mol. The first kappa shape index (κ1) is 14.4. The Bertz CT molecular complexity index is 722. The third kappa shape index (κ3) is 3.52. The number of aryl methyl sites for hydroxylation is 1. The molecule has 0 atom stereocenters. The molecule has 1 heterocycles. The summed E-state index contributed by atoms with van der Waals surface area (Å²) in [5, 5.41) is 10.9. The van der Waals surface area contributed by atoms with Gasteiger partial charge in [0.25, 0.3) is 10.0 Å². The predicted molar refractivity (Wildman–Crippen MR) is 76.2 cm³/mol. The molecule has 7 nitrogen and oxygen atoms in total. The minimum atomic E-state index is -3.70. The number of nitrogens with one attached hydrogen (secondary N) is 2. The van der Waals surface area contributed by atoms with E-state index < -0.39 is 10.0 Å². The maximum atomic E-state index is 12.1.